The Hall–Kier alpha value is -2.90. The van der Waals surface area contributed by atoms with Crippen LogP contribution in [0.4, 0.5) is 5.82 Å². The molecule has 0 amide bonds. The van der Waals surface area contributed by atoms with Gasteiger partial charge in [0.2, 0.25) is 16.2 Å². The molecule has 6 rings (SSSR count). The first kappa shape index (κ1) is 23.5. The van der Waals surface area contributed by atoms with Crippen molar-refractivity contribution in [2.75, 3.05) is 44.9 Å². The van der Waals surface area contributed by atoms with E-state index in [2.05, 4.69) is 26.1 Å². The van der Waals surface area contributed by atoms with Crippen LogP contribution in [-0.2, 0) is 27.1 Å². The van der Waals surface area contributed by atoms with Gasteiger partial charge in [0.1, 0.15) is 0 Å². The fourth-order valence-corrected chi connectivity index (χ4v) is 6.34. The Morgan fingerprint density at radius 1 is 1.28 bits per heavy atom. The van der Waals surface area contributed by atoms with Crippen LogP contribution < -0.4 is 4.90 Å². The molecule has 0 saturated carbocycles. The maximum absolute atomic E-state index is 11.5. The molecule has 4 aromatic rings. The summed E-state index contributed by atoms with van der Waals surface area (Å²) >= 11 is -0.411. The van der Waals surface area contributed by atoms with Gasteiger partial charge in [-0.3, -0.25) is 14.6 Å². The van der Waals surface area contributed by atoms with Crippen molar-refractivity contribution in [3.63, 3.8) is 0 Å². The minimum Gasteiger partial charge on any atom is -0.483 e. The number of aromatic nitrogens is 4. The van der Waals surface area contributed by atoms with Crippen LogP contribution in [0.3, 0.4) is 0 Å². The van der Waals surface area contributed by atoms with Gasteiger partial charge in [-0.1, -0.05) is 12.1 Å². The molecule has 3 aromatic heterocycles. The molecular formula is C24H26N6O4S2. The molecule has 1 fully saturated rings. The van der Waals surface area contributed by atoms with E-state index < -0.39 is 11.1 Å². The lowest BCUT2D eigenvalue weighted by molar-refractivity contribution is 0.122. The number of ether oxygens (including phenoxy) is 2. The van der Waals surface area contributed by atoms with Gasteiger partial charge in [0.25, 0.3) is 0 Å². The van der Waals surface area contributed by atoms with Gasteiger partial charge in [-0.25, -0.2) is 14.2 Å². The van der Waals surface area contributed by atoms with Gasteiger partial charge in [0, 0.05) is 47.9 Å². The van der Waals surface area contributed by atoms with Crippen LogP contribution in [0.15, 0.2) is 41.6 Å². The van der Waals surface area contributed by atoms with Gasteiger partial charge < -0.3 is 14.4 Å². The lowest BCUT2D eigenvalue weighted by Crippen LogP contribution is -2.36. The van der Waals surface area contributed by atoms with E-state index in [1.807, 2.05) is 31.4 Å². The second-order valence-corrected chi connectivity index (χ2v) is 10.9. The Balaban J connectivity index is 1.39. The molecule has 12 heteroatoms. The van der Waals surface area contributed by atoms with Crippen LogP contribution in [0, 0.1) is 0 Å². The molecule has 2 N–H and O–H groups in total. The molecule has 0 bridgehead atoms. The number of anilines is 1. The zero-order valence-corrected chi connectivity index (χ0v) is 21.3. The third-order valence-corrected chi connectivity index (χ3v) is 8.27. The van der Waals surface area contributed by atoms with Crippen molar-refractivity contribution in [1.29, 1.82) is 0 Å². The molecule has 36 heavy (non-hydrogen) atoms. The molecule has 0 aliphatic carbocycles. The Morgan fingerprint density at radius 2 is 2.14 bits per heavy atom. The Bertz CT molecular complexity index is 1460. The molecule has 5 heterocycles. The average Bonchev–Trinajstić information content (AvgIpc) is 3.55. The predicted octanol–water partition coefficient (Wildman–Crippen LogP) is 3.36. The molecule has 2 aliphatic heterocycles. The summed E-state index contributed by atoms with van der Waals surface area (Å²) in [5, 5.41) is 8.35. The van der Waals surface area contributed by atoms with E-state index >= 15 is 0 Å². The van der Waals surface area contributed by atoms with Crippen LogP contribution in [0.2, 0.25) is 0 Å². The van der Waals surface area contributed by atoms with Crippen molar-refractivity contribution in [2.45, 2.75) is 19.0 Å². The fraction of sp³-hybridized carbons (Fsp3) is 0.375. The molecule has 0 spiro atoms. The van der Waals surface area contributed by atoms with E-state index in [0.717, 1.165) is 56.9 Å². The van der Waals surface area contributed by atoms with E-state index in [4.69, 9.17) is 19.4 Å². The first-order valence-electron chi connectivity index (χ1n) is 11.8. The summed E-state index contributed by atoms with van der Waals surface area (Å²) in [4.78, 5) is 15.7. The Kier molecular flexibility index (Phi) is 6.44. The minimum atomic E-state index is -2.11. The van der Waals surface area contributed by atoms with E-state index in [-0.39, 0.29) is 11.1 Å². The predicted molar refractivity (Wildman–Crippen MR) is 140 cm³/mol. The number of likely N-dealkylation sites (N-methyl/N-ethyl adjacent to an activating group) is 1. The van der Waals surface area contributed by atoms with Crippen LogP contribution in [0.1, 0.15) is 11.3 Å². The quantitative estimate of drug-likeness (QED) is 0.365. The highest BCUT2D eigenvalue weighted by molar-refractivity contribution is 7.83. The van der Waals surface area contributed by atoms with E-state index in [9.17, 15) is 8.76 Å². The Morgan fingerprint density at radius 3 is 2.97 bits per heavy atom. The summed E-state index contributed by atoms with van der Waals surface area (Å²) in [7, 11) is 2.02. The molecule has 1 aromatic carbocycles. The first-order chi connectivity index (χ1) is 17.6. The number of hydrogen-bond acceptors (Lipinski definition) is 9. The largest absolute Gasteiger partial charge is 0.483 e. The van der Waals surface area contributed by atoms with Crippen molar-refractivity contribution in [2.24, 2.45) is 0 Å². The monoisotopic (exact) mass is 526 g/mol. The summed E-state index contributed by atoms with van der Waals surface area (Å²) < 4.78 is 32.9. The summed E-state index contributed by atoms with van der Waals surface area (Å²) in [6.45, 7) is 4.01. The van der Waals surface area contributed by atoms with Gasteiger partial charge in [0.15, 0.2) is 11.6 Å². The number of nitrogens with one attached hydrogen (secondary N) is 1. The van der Waals surface area contributed by atoms with Gasteiger partial charge in [0.05, 0.1) is 41.8 Å². The second kappa shape index (κ2) is 9.87. The summed E-state index contributed by atoms with van der Waals surface area (Å²) in [6.07, 6.45) is 4.32. The van der Waals surface area contributed by atoms with Crippen LogP contribution in [0.5, 0.6) is 0 Å². The van der Waals surface area contributed by atoms with Crippen molar-refractivity contribution in [1.82, 2.24) is 25.1 Å². The van der Waals surface area contributed by atoms with Crippen LogP contribution in [0.25, 0.3) is 32.5 Å². The maximum atomic E-state index is 11.5. The zero-order valence-electron chi connectivity index (χ0n) is 19.7. The molecule has 2 unspecified atom stereocenters. The third kappa shape index (κ3) is 4.50. The van der Waals surface area contributed by atoms with E-state index in [1.165, 1.54) is 0 Å². The third-order valence-electron chi connectivity index (χ3n) is 6.57. The molecule has 2 atom stereocenters. The smallest absolute Gasteiger partial charge is 0.222 e. The molecule has 10 nitrogen and oxygen atoms in total. The van der Waals surface area contributed by atoms with Crippen molar-refractivity contribution < 1.29 is 18.2 Å². The van der Waals surface area contributed by atoms with Crippen molar-refractivity contribution in [3.05, 3.63) is 46.5 Å². The Labute approximate surface area is 214 Å². The summed E-state index contributed by atoms with van der Waals surface area (Å²) in [5.74, 6) is 1.61. The number of thiophene rings is 1. The van der Waals surface area contributed by atoms with Gasteiger partial charge in [-0.15, -0.1) is 11.3 Å². The highest BCUT2D eigenvalue weighted by Gasteiger charge is 2.24. The lowest BCUT2D eigenvalue weighted by Gasteiger charge is -2.28. The molecular weight excluding hydrogens is 500 g/mol. The van der Waals surface area contributed by atoms with Gasteiger partial charge in [-0.2, -0.15) is 5.10 Å². The van der Waals surface area contributed by atoms with E-state index in [1.54, 1.807) is 17.4 Å². The first-order valence-corrected chi connectivity index (χ1v) is 13.7. The topological polar surface area (TPSA) is 117 Å². The van der Waals surface area contributed by atoms with Crippen LogP contribution in [-0.4, -0.2) is 79.8 Å². The van der Waals surface area contributed by atoms with Gasteiger partial charge in [-0.05, 0) is 25.3 Å². The van der Waals surface area contributed by atoms with E-state index in [0.29, 0.717) is 32.2 Å². The number of hydrogen-bond donors (Lipinski definition) is 2. The lowest BCUT2D eigenvalue weighted by atomic mass is 10.1. The number of nitrogens with zero attached hydrogens (tertiary/aromatic N) is 5. The van der Waals surface area contributed by atoms with Crippen LogP contribution >= 0.6 is 11.3 Å². The maximum Gasteiger partial charge on any atom is 0.222 e. The minimum absolute atomic E-state index is 0.0223. The number of benzene rings is 1. The highest BCUT2D eigenvalue weighted by atomic mass is 32.2. The molecule has 2 aliphatic rings. The van der Waals surface area contributed by atoms with Crippen molar-refractivity contribution >= 4 is 49.4 Å². The number of morpholine rings is 1. The SMILES string of the molecule is CN(Cc1cc2nc(-c3cccc4[nH]ncc34)nc(N3CCOCC3)c2s1)C1C=C(S(=O)O)OCC1. The van der Waals surface area contributed by atoms with Crippen molar-refractivity contribution in [3.8, 4) is 11.4 Å². The molecule has 188 valence electrons. The summed E-state index contributed by atoms with van der Waals surface area (Å²) in [6, 6.07) is 8.17. The number of H-pyrrole nitrogens is 1. The zero-order chi connectivity index (χ0) is 24.6. The second-order valence-electron chi connectivity index (χ2n) is 8.89. The fourth-order valence-electron chi connectivity index (χ4n) is 4.70. The normalized spacial score (nSPS) is 19.6. The highest BCUT2D eigenvalue weighted by Crippen LogP contribution is 2.36. The van der Waals surface area contributed by atoms with Gasteiger partial charge >= 0.3 is 0 Å². The molecule has 1 saturated heterocycles. The molecule has 0 radical (unpaired) electrons. The average molecular weight is 527 g/mol. The standard InChI is InChI=1S/C24H26N6O4S2/c1-29(15-5-8-34-21(11-15)36(31)32)14-16-12-20-22(35-16)24(30-6-9-33-10-7-30)27-23(26-20)17-3-2-4-19-18(17)13-25-28-19/h2-4,11-13,15H,5-10,14H2,1H3,(H,25,28)(H,31,32). The number of fused-ring (bicyclic) bond motifs is 2. The number of rotatable bonds is 6. The summed E-state index contributed by atoms with van der Waals surface area (Å²) in [5.41, 5.74) is 2.80. The number of aromatic amines is 1.